The normalized spacial score (nSPS) is 12.3. The van der Waals surface area contributed by atoms with Gasteiger partial charge in [-0.2, -0.15) is 0 Å². The SMILES string of the molecule is CCNC(=NCc1cccc(NC(=O)CC(C)C)c1)NC(C)CC.I. The average molecular weight is 460 g/mol. The van der Waals surface area contributed by atoms with E-state index in [1.165, 1.54) is 0 Å². The van der Waals surface area contributed by atoms with E-state index in [0.717, 1.165) is 30.2 Å². The van der Waals surface area contributed by atoms with Crippen LogP contribution in [0.1, 0.15) is 53.0 Å². The number of carbonyl (C=O) groups excluding carboxylic acids is 1. The van der Waals surface area contributed by atoms with Crippen LogP contribution in [0.25, 0.3) is 0 Å². The van der Waals surface area contributed by atoms with Crippen LogP contribution in [-0.4, -0.2) is 24.5 Å². The number of carbonyl (C=O) groups is 1. The number of hydrogen-bond acceptors (Lipinski definition) is 2. The van der Waals surface area contributed by atoms with Crippen LogP contribution >= 0.6 is 24.0 Å². The lowest BCUT2D eigenvalue weighted by molar-refractivity contribution is -0.116. The van der Waals surface area contributed by atoms with E-state index < -0.39 is 0 Å². The summed E-state index contributed by atoms with van der Waals surface area (Å²) in [7, 11) is 0. The van der Waals surface area contributed by atoms with Crippen molar-refractivity contribution in [3.8, 4) is 0 Å². The standard InChI is InChI=1S/C19H32N4O.HI/c1-6-15(5)22-19(20-7-2)21-13-16-9-8-10-17(12-16)23-18(24)11-14(3)4;/h8-10,12,14-15H,6-7,11,13H2,1-5H3,(H,23,24)(H2,20,21,22);1H. The van der Waals surface area contributed by atoms with Crippen LogP contribution < -0.4 is 16.0 Å². The zero-order valence-electron chi connectivity index (χ0n) is 16.1. The average Bonchev–Trinajstić information content (AvgIpc) is 2.52. The lowest BCUT2D eigenvalue weighted by atomic mass is 10.1. The molecule has 0 radical (unpaired) electrons. The van der Waals surface area contributed by atoms with Gasteiger partial charge in [0.2, 0.25) is 5.91 Å². The number of guanidine groups is 1. The number of hydrogen-bond donors (Lipinski definition) is 3. The Labute approximate surface area is 169 Å². The molecule has 3 N–H and O–H groups in total. The van der Waals surface area contributed by atoms with Crippen molar-refractivity contribution in [2.75, 3.05) is 11.9 Å². The van der Waals surface area contributed by atoms with Crippen LogP contribution in [0.2, 0.25) is 0 Å². The lowest BCUT2D eigenvalue weighted by Gasteiger charge is -2.16. The second kappa shape index (κ2) is 13.0. The highest BCUT2D eigenvalue weighted by molar-refractivity contribution is 14.0. The first-order chi connectivity index (χ1) is 11.4. The van der Waals surface area contributed by atoms with E-state index in [0.29, 0.717) is 24.9 Å². The van der Waals surface area contributed by atoms with Gasteiger partial charge in [0.15, 0.2) is 5.96 Å². The van der Waals surface area contributed by atoms with E-state index in [9.17, 15) is 4.79 Å². The Morgan fingerprint density at radius 1 is 1.20 bits per heavy atom. The molecule has 0 heterocycles. The second-order valence-corrected chi connectivity index (χ2v) is 6.50. The Hall–Kier alpha value is -1.31. The molecule has 0 aromatic heterocycles. The fraction of sp³-hybridized carbons (Fsp3) is 0.579. The Morgan fingerprint density at radius 2 is 1.92 bits per heavy atom. The van der Waals surface area contributed by atoms with E-state index in [1.807, 2.05) is 38.1 Å². The van der Waals surface area contributed by atoms with Gasteiger partial charge in [0, 0.05) is 24.7 Å². The highest BCUT2D eigenvalue weighted by Crippen LogP contribution is 2.13. The molecule has 0 saturated heterocycles. The van der Waals surface area contributed by atoms with E-state index >= 15 is 0 Å². The predicted octanol–water partition coefficient (Wildman–Crippen LogP) is 4.14. The fourth-order valence-electron chi connectivity index (χ4n) is 2.16. The van der Waals surface area contributed by atoms with E-state index in [-0.39, 0.29) is 29.9 Å². The fourth-order valence-corrected chi connectivity index (χ4v) is 2.16. The van der Waals surface area contributed by atoms with Crippen LogP contribution in [-0.2, 0) is 11.3 Å². The molecule has 1 rings (SSSR count). The summed E-state index contributed by atoms with van der Waals surface area (Å²) in [5.74, 6) is 1.23. The monoisotopic (exact) mass is 460 g/mol. The summed E-state index contributed by atoms with van der Waals surface area (Å²) in [5, 5.41) is 9.58. The second-order valence-electron chi connectivity index (χ2n) is 6.50. The molecule has 5 nitrogen and oxygen atoms in total. The van der Waals surface area contributed by atoms with Crippen molar-refractivity contribution in [2.24, 2.45) is 10.9 Å². The van der Waals surface area contributed by atoms with E-state index in [1.54, 1.807) is 0 Å². The molecule has 1 atom stereocenters. The zero-order chi connectivity index (χ0) is 17.9. The number of nitrogens with zero attached hydrogens (tertiary/aromatic N) is 1. The molecule has 142 valence electrons. The molecule has 0 aliphatic rings. The summed E-state index contributed by atoms with van der Waals surface area (Å²) >= 11 is 0. The van der Waals surface area contributed by atoms with Crippen molar-refractivity contribution < 1.29 is 4.79 Å². The van der Waals surface area contributed by atoms with Crippen molar-refractivity contribution in [2.45, 2.75) is 60.0 Å². The Bertz CT molecular complexity index is 546. The Morgan fingerprint density at radius 3 is 2.52 bits per heavy atom. The minimum Gasteiger partial charge on any atom is -0.357 e. The van der Waals surface area contributed by atoms with Gasteiger partial charge in [-0.3, -0.25) is 4.79 Å². The summed E-state index contributed by atoms with van der Waals surface area (Å²) in [6.07, 6.45) is 1.58. The molecule has 0 saturated carbocycles. The van der Waals surface area contributed by atoms with Crippen LogP contribution in [0.3, 0.4) is 0 Å². The van der Waals surface area contributed by atoms with Crippen molar-refractivity contribution in [1.29, 1.82) is 0 Å². The predicted molar refractivity (Wildman–Crippen MR) is 118 cm³/mol. The minimum atomic E-state index is 0. The maximum absolute atomic E-state index is 11.9. The highest BCUT2D eigenvalue weighted by Gasteiger charge is 2.06. The topological polar surface area (TPSA) is 65.5 Å². The number of anilines is 1. The molecule has 1 aromatic rings. The molecule has 0 fully saturated rings. The van der Waals surface area contributed by atoms with Crippen LogP contribution in [0.15, 0.2) is 29.3 Å². The van der Waals surface area contributed by atoms with Crippen molar-refractivity contribution in [3.63, 3.8) is 0 Å². The molecular weight excluding hydrogens is 427 g/mol. The summed E-state index contributed by atoms with van der Waals surface area (Å²) in [5.41, 5.74) is 1.90. The van der Waals surface area contributed by atoms with Gasteiger partial charge < -0.3 is 16.0 Å². The quantitative estimate of drug-likeness (QED) is 0.310. The molecule has 0 bridgehead atoms. The van der Waals surface area contributed by atoms with Crippen molar-refractivity contribution >= 4 is 41.5 Å². The molecule has 0 aliphatic heterocycles. The highest BCUT2D eigenvalue weighted by atomic mass is 127. The lowest BCUT2D eigenvalue weighted by Crippen LogP contribution is -2.41. The smallest absolute Gasteiger partial charge is 0.224 e. The first kappa shape index (κ1) is 23.7. The third-order valence-corrected chi connectivity index (χ3v) is 3.56. The maximum atomic E-state index is 11.9. The number of aliphatic imine (C=N–C) groups is 1. The molecule has 1 unspecified atom stereocenters. The molecule has 0 aliphatic carbocycles. The van der Waals surface area contributed by atoms with Crippen LogP contribution in [0, 0.1) is 5.92 Å². The number of nitrogens with one attached hydrogen (secondary N) is 3. The minimum absolute atomic E-state index is 0. The Balaban J connectivity index is 0.00000576. The van der Waals surface area contributed by atoms with Crippen LogP contribution in [0.5, 0.6) is 0 Å². The molecular formula is C19H33IN4O. The number of amides is 1. The van der Waals surface area contributed by atoms with Gasteiger partial charge in [-0.25, -0.2) is 4.99 Å². The van der Waals surface area contributed by atoms with Gasteiger partial charge in [0.05, 0.1) is 6.54 Å². The number of benzene rings is 1. The molecule has 25 heavy (non-hydrogen) atoms. The zero-order valence-corrected chi connectivity index (χ0v) is 18.4. The number of halogens is 1. The third-order valence-electron chi connectivity index (χ3n) is 3.56. The van der Waals surface area contributed by atoms with Gasteiger partial charge in [-0.1, -0.05) is 32.9 Å². The third kappa shape index (κ3) is 10.3. The first-order valence-corrected chi connectivity index (χ1v) is 8.88. The van der Waals surface area contributed by atoms with E-state index in [2.05, 4.69) is 41.7 Å². The largest absolute Gasteiger partial charge is 0.357 e. The molecule has 6 heteroatoms. The van der Waals surface area contributed by atoms with Gasteiger partial charge >= 0.3 is 0 Å². The summed E-state index contributed by atoms with van der Waals surface area (Å²) < 4.78 is 0. The summed E-state index contributed by atoms with van der Waals surface area (Å²) in [6.45, 7) is 11.8. The van der Waals surface area contributed by atoms with Crippen LogP contribution in [0.4, 0.5) is 5.69 Å². The molecule has 1 amide bonds. The molecule has 0 spiro atoms. The maximum Gasteiger partial charge on any atom is 0.224 e. The van der Waals surface area contributed by atoms with E-state index in [4.69, 9.17) is 0 Å². The van der Waals surface area contributed by atoms with Crippen molar-refractivity contribution in [3.05, 3.63) is 29.8 Å². The van der Waals surface area contributed by atoms with Gasteiger partial charge in [0.25, 0.3) is 0 Å². The molecule has 1 aromatic carbocycles. The van der Waals surface area contributed by atoms with Gasteiger partial charge in [0.1, 0.15) is 0 Å². The van der Waals surface area contributed by atoms with Gasteiger partial charge in [-0.15, -0.1) is 24.0 Å². The summed E-state index contributed by atoms with van der Waals surface area (Å²) in [6, 6.07) is 8.24. The number of rotatable bonds is 8. The Kier molecular flexibility index (Phi) is 12.3. The summed E-state index contributed by atoms with van der Waals surface area (Å²) in [4.78, 5) is 16.5. The van der Waals surface area contributed by atoms with Gasteiger partial charge in [-0.05, 0) is 43.9 Å². The van der Waals surface area contributed by atoms with Crippen molar-refractivity contribution in [1.82, 2.24) is 10.6 Å². The first-order valence-electron chi connectivity index (χ1n) is 8.88.